The van der Waals surface area contributed by atoms with Crippen LogP contribution in [0.3, 0.4) is 0 Å². The minimum absolute atomic E-state index is 0.0543. The molecule has 0 heterocycles. The van der Waals surface area contributed by atoms with Crippen LogP contribution in [0.5, 0.6) is 5.75 Å². The second-order valence-corrected chi connectivity index (χ2v) is 8.19. The van der Waals surface area contributed by atoms with E-state index in [1.54, 1.807) is 37.3 Å². The molecule has 0 aromatic heterocycles. The second kappa shape index (κ2) is 9.53. The van der Waals surface area contributed by atoms with E-state index >= 15 is 0 Å². The zero-order valence-corrected chi connectivity index (χ0v) is 17.5. The van der Waals surface area contributed by atoms with Gasteiger partial charge in [0.1, 0.15) is 12.3 Å². The summed E-state index contributed by atoms with van der Waals surface area (Å²) in [5.41, 5.74) is 2.29. The number of methoxy groups -OCH3 is 1. The van der Waals surface area contributed by atoms with Crippen molar-refractivity contribution in [1.29, 1.82) is 0 Å². The molecule has 1 atom stereocenters. The molecule has 0 bridgehead atoms. The Bertz CT molecular complexity index is 987. The highest BCUT2D eigenvalue weighted by atomic mass is 32.2. The van der Waals surface area contributed by atoms with Gasteiger partial charge >= 0.3 is 5.97 Å². The van der Waals surface area contributed by atoms with E-state index in [9.17, 15) is 18.0 Å². The summed E-state index contributed by atoms with van der Waals surface area (Å²) < 4.78 is 36.8. The van der Waals surface area contributed by atoms with Crippen LogP contribution >= 0.6 is 0 Å². The number of aryl methyl sites for hydroxylation is 2. The van der Waals surface area contributed by atoms with Gasteiger partial charge in [0.2, 0.25) is 10.0 Å². The molecule has 0 fully saturated rings. The number of hydrogen-bond acceptors (Lipinski definition) is 6. The summed E-state index contributed by atoms with van der Waals surface area (Å²) in [6.07, 6.45) is -1.10. The lowest BCUT2D eigenvalue weighted by atomic mass is 10.1. The van der Waals surface area contributed by atoms with Crippen molar-refractivity contribution in [3.63, 3.8) is 0 Å². The van der Waals surface area contributed by atoms with Crippen LogP contribution in [0.1, 0.15) is 18.1 Å². The Hall–Kier alpha value is -2.91. The quantitative estimate of drug-likeness (QED) is 0.633. The maximum atomic E-state index is 12.3. The Morgan fingerprint density at radius 3 is 2.28 bits per heavy atom. The van der Waals surface area contributed by atoms with Crippen LogP contribution in [0.25, 0.3) is 0 Å². The molecule has 2 rings (SSSR count). The van der Waals surface area contributed by atoms with Crippen LogP contribution in [0.4, 0.5) is 5.69 Å². The first-order valence-corrected chi connectivity index (χ1v) is 10.3. The van der Waals surface area contributed by atoms with Crippen LogP contribution in [0, 0.1) is 13.8 Å². The predicted molar refractivity (Wildman–Crippen MR) is 108 cm³/mol. The van der Waals surface area contributed by atoms with Crippen molar-refractivity contribution >= 4 is 27.6 Å². The molecule has 8 nitrogen and oxygen atoms in total. The van der Waals surface area contributed by atoms with Crippen molar-refractivity contribution in [2.24, 2.45) is 0 Å². The number of esters is 1. The molecule has 2 aromatic rings. The van der Waals surface area contributed by atoms with Gasteiger partial charge in [0.05, 0.1) is 12.0 Å². The molecule has 1 amide bonds. The Morgan fingerprint density at radius 1 is 1.03 bits per heavy atom. The summed E-state index contributed by atoms with van der Waals surface area (Å²) >= 11 is 0. The number of sulfonamides is 1. The van der Waals surface area contributed by atoms with E-state index in [0.717, 1.165) is 11.1 Å². The lowest BCUT2D eigenvalue weighted by molar-refractivity contribution is -0.151. The first-order valence-electron chi connectivity index (χ1n) is 8.83. The summed E-state index contributed by atoms with van der Waals surface area (Å²) in [7, 11) is -2.34. The molecule has 0 aliphatic heterocycles. The van der Waals surface area contributed by atoms with Gasteiger partial charge in [-0.05, 0) is 68.3 Å². The lowest BCUT2D eigenvalue weighted by Gasteiger charge is -2.14. The monoisotopic (exact) mass is 420 g/mol. The third-order valence-corrected chi connectivity index (χ3v) is 5.63. The highest BCUT2D eigenvalue weighted by Crippen LogP contribution is 2.16. The maximum absolute atomic E-state index is 12.3. The van der Waals surface area contributed by atoms with E-state index in [1.165, 1.54) is 26.2 Å². The molecule has 156 valence electrons. The third-order valence-electron chi connectivity index (χ3n) is 4.23. The topological polar surface area (TPSA) is 111 Å². The third kappa shape index (κ3) is 6.30. The Balaban J connectivity index is 1.88. The van der Waals surface area contributed by atoms with Gasteiger partial charge in [0.25, 0.3) is 5.91 Å². The van der Waals surface area contributed by atoms with E-state index < -0.39 is 34.5 Å². The Labute approximate surface area is 170 Å². The highest BCUT2D eigenvalue weighted by Gasteiger charge is 2.21. The number of amides is 1. The van der Waals surface area contributed by atoms with Crippen molar-refractivity contribution in [1.82, 2.24) is 4.72 Å². The van der Waals surface area contributed by atoms with Gasteiger partial charge in [-0.15, -0.1) is 0 Å². The number of rotatable bonds is 8. The molecule has 0 aliphatic carbocycles. The summed E-state index contributed by atoms with van der Waals surface area (Å²) in [6, 6.07) is 11.3. The SMILES string of the molecule is COc1ccc(NC(=O)C(C)OC(=O)CNS(=O)(=O)c2ccc(C)c(C)c2)cc1. The van der Waals surface area contributed by atoms with Crippen LogP contribution < -0.4 is 14.8 Å². The molecule has 1 unspecified atom stereocenters. The van der Waals surface area contributed by atoms with Gasteiger partial charge < -0.3 is 14.8 Å². The molecule has 9 heteroatoms. The van der Waals surface area contributed by atoms with E-state index in [1.807, 2.05) is 6.92 Å². The first kappa shape index (κ1) is 22.4. The zero-order valence-electron chi connectivity index (χ0n) is 16.7. The smallest absolute Gasteiger partial charge is 0.321 e. The molecular weight excluding hydrogens is 396 g/mol. The van der Waals surface area contributed by atoms with Crippen molar-refractivity contribution in [3.05, 3.63) is 53.6 Å². The molecule has 0 saturated carbocycles. The van der Waals surface area contributed by atoms with Gasteiger partial charge in [0.15, 0.2) is 6.10 Å². The largest absolute Gasteiger partial charge is 0.497 e. The fourth-order valence-corrected chi connectivity index (χ4v) is 3.38. The number of ether oxygens (including phenoxy) is 2. The minimum atomic E-state index is -3.87. The number of anilines is 1. The molecule has 29 heavy (non-hydrogen) atoms. The van der Waals surface area contributed by atoms with Crippen molar-refractivity contribution in [3.8, 4) is 5.75 Å². The van der Waals surface area contributed by atoms with Gasteiger partial charge in [-0.3, -0.25) is 9.59 Å². The fraction of sp³-hybridized carbons (Fsp3) is 0.300. The first-order chi connectivity index (χ1) is 13.6. The summed E-state index contributed by atoms with van der Waals surface area (Å²) in [5, 5.41) is 2.60. The second-order valence-electron chi connectivity index (χ2n) is 6.42. The van der Waals surface area contributed by atoms with Gasteiger partial charge in [0, 0.05) is 5.69 Å². The van der Waals surface area contributed by atoms with E-state index in [2.05, 4.69) is 10.0 Å². The normalized spacial score (nSPS) is 12.1. The van der Waals surface area contributed by atoms with Crippen LogP contribution in [-0.2, 0) is 24.3 Å². The molecule has 2 aromatic carbocycles. The molecule has 0 aliphatic rings. The van der Waals surface area contributed by atoms with Crippen molar-refractivity contribution < 1.29 is 27.5 Å². The van der Waals surface area contributed by atoms with Gasteiger partial charge in [-0.25, -0.2) is 8.42 Å². The molecule has 0 saturated heterocycles. The summed E-state index contributed by atoms with van der Waals surface area (Å²) in [5.74, 6) is -0.770. The molecule has 2 N–H and O–H groups in total. The molecular formula is C20H24N2O6S. The molecule has 0 spiro atoms. The lowest BCUT2D eigenvalue weighted by Crippen LogP contribution is -2.35. The maximum Gasteiger partial charge on any atom is 0.321 e. The van der Waals surface area contributed by atoms with Crippen molar-refractivity contribution in [2.75, 3.05) is 19.0 Å². The number of carbonyl (C=O) groups excluding carboxylic acids is 2. The Kier molecular flexibility index (Phi) is 7.35. The van der Waals surface area contributed by atoms with E-state index in [0.29, 0.717) is 11.4 Å². The average Bonchev–Trinajstić information content (AvgIpc) is 2.69. The number of benzene rings is 2. The number of carbonyl (C=O) groups is 2. The zero-order chi connectivity index (χ0) is 21.6. The van der Waals surface area contributed by atoms with Crippen LogP contribution in [-0.4, -0.2) is 40.1 Å². The number of hydrogen-bond donors (Lipinski definition) is 2. The fourth-order valence-electron chi connectivity index (χ4n) is 2.33. The molecule has 0 radical (unpaired) electrons. The van der Waals surface area contributed by atoms with Crippen LogP contribution in [0.2, 0.25) is 0 Å². The van der Waals surface area contributed by atoms with Crippen LogP contribution in [0.15, 0.2) is 47.4 Å². The predicted octanol–water partition coefficient (Wildman–Crippen LogP) is 2.16. The van der Waals surface area contributed by atoms with Crippen molar-refractivity contribution in [2.45, 2.75) is 31.8 Å². The number of nitrogens with one attached hydrogen (secondary N) is 2. The average molecular weight is 420 g/mol. The van der Waals surface area contributed by atoms with Gasteiger partial charge in [-0.2, -0.15) is 4.72 Å². The highest BCUT2D eigenvalue weighted by molar-refractivity contribution is 7.89. The van der Waals surface area contributed by atoms with E-state index in [4.69, 9.17) is 9.47 Å². The summed E-state index contributed by atoms with van der Waals surface area (Å²) in [6.45, 7) is 4.48. The standard InChI is InChI=1S/C20H24N2O6S/c1-13-5-10-18(11-14(13)2)29(25,26)21-12-19(23)28-15(3)20(24)22-16-6-8-17(27-4)9-7-16/h5-11,15,21H,12H2,1-4H3,(H,22,24). The Morgan fingerprint density at radius 2 is 1.69 bits per heavy atom. The minimum Gasteiger partial charge on any atom is -0.497 e. The summed E-state index contributed by atoms with van der Waals surface area (Å²) in [4.78, 5) is 24.1. The van der Waals surface area contributed by atoms with E-state index in [-0.39, 0.29) is 4.90 Å². The van der Waals surface area contributed by atoms with Gasteiger partial charge in [-0.1, -0.05) is 6.07 Å².